The topological polar surface area (TPSA) is 90.8 Å². The van der Waals surface area contributed by atoms with Crippen LogP contribution in [0.1, 0.15) is 27.8 Å². The molecule has 2 heterocycles. The number of carboxylic acids is 1. The van der Waals surface area contributed by atoms with Crippen LogP contribution in [0.25, 0.3) is 0 Å². The van der Waals surface area contributed by atoms with Crippen LogP contribution >= 0.6 is 0 Å². The van der Waals surface area contributed by atoms with Crippen LogP contribution in [0.3, 0.4) is 0 Å². The van der Waals surface area contributed by atoms with Gasteiger partial charge in [-0.15, -0.1) is 0 Å². The highest BCUT2D eigenvalue weighted by atomic mass is 16.4. The fraction of sp³-hybridized carbons (Fsp3) is 0.385. The number of rotatable bonds is 2. The van der Waals surface area contributed by atoms with E-state index >= 15 is 0 Å². The standard InChI is InChI=1S/C13H15N3O4/c1-9(17)15-4-6-16(7-5-15)12(18)10-2-3-11(13(19)20)14-8-10/h2-3,8H,4-7H2,1H3,(H,19,20). The molecule has 0 unspecified atom stereocenters. The Morgan fingerprint density at radius 3 is 2.15 bits per heavy atom. The highest BCUT2D eigenvalue weighted by Crippen LogP contribution is 2.09. The minimum absolute atomic E-state index is 0.00424. The number of hydrogen-bond acceptors (Lipinski definition) is 4. The fourth-order valence-electron chi connectivity index (χ4n) is 2.05. The van der Waals surface area contributed by atoms with Gasteiger partial charge in [0.05, 0.1) is 5.56 Å². The lowest BCUT2D eigenvalue weighted by Gasteiger charge is -2.34. The van der Waals surface area contributed by atoms with Crippen LogP contribution in [0.4, 0.5) is 0 Å². The molecule has 7 heteroatoms. The molecule has 106 valence electrons. The quantitative estimate of drug-likeness (QED) is 0.827. The third-order valence-electron chi connectivity index (χ3n) is 3.24. The van der Waals surface area contributed by atoms with Gasteiger partial charge in [-0.25, -0.2) is 9.78 Å². The second kappa shape index (κ2) is 5.68. The van der Waals surface area contributed by atoms with E-state index in [2.05, 4.69) is 4.98 Å². The van der Waals surface area contributed by atoms with Crippen LogP contribution in [0, 0.1) is 0 Å². The molecule has 1 aliphatic heterocycles. The number of hydrogen-bond donors (Lipinski definition) is 1. The predicted molar refractivity (Wildman–Crippen MR) is 69.4 cm³/mol. The first kappa shape index (κ1) is 14.0. The number of carbonyl (C=O) groups is 3. The number of aromatic carboxylic acids is 1. The second-order valence-corrected chi connectivity index (χ2v) is 4.54. The first-order valence-electron chi connectivity index (χ1n) is 6.23. The minimum Gasteiger partial charge on any atom is -0.477 e. The van der Waals surface area contributed by atoms with E-state index in [1.165, 1.54) is 25.3 Å². The van der Waals surface area contributed by atoms with Gasteiger partial charge in [0.25, 0.3) is 5.91 Å². The van der Waals surface area contributed by atoms with Gasteiger partial charge in [0, 0.05) is 39.3 Å². The number of carbonyl (C=O) groups excluding carboxylic acids is 2. The van der Waals surface area contributed by atoms with Crippen LogP contribution in [0.5, 0.6) is 0 Å². The SMILES string of the molecule is CC(=O)N1CCN(C(=O)c2ccc(C(=O)O)nc2)CC1. The Labute approximate surface area is 115 Å². The lowest BCUT2D eigenvalue weighted by Crippen LogP contribution is -2.50. The highest BCUT2D eigenvalue weighted by molar-refractivity contribution is 5.95. The molecule has 2 amide bonds. The summed E-state index contributed by atoms with van der Waals surface area (Å²) in [6.07, 6.45) is 1.27. The fourth-order valence-corrected chi connectivity index (χ4v) is 2.05. The number of nitrogens with zero attached hydrogens (tertiary/aromatic N) is 3. The summed E-state index contributed by atoms with van der Waals surface area (Å²) in [6, 6.07) is 2.76. The molecular formula is C13H15N3O4. The summed E-state index contributed by atoms with van der Waals surface area (Å²) in [6.45, 7) is 3.48. The van der Waals surface area contributed by atoms with E-state index < -0.39 is 5.97 Å². The van der Waals surface area contributed by atoms with Crippen molar-refractivity contribution in [1.29, 1.82) is 0 Å². The molecule has 0 spiro atoms. The zero-order chi connectivity index (χ0) is 14.7. The van der Waals surface area contributed by atoms with E-state index in [0.717, 1.165) is 0 Å². The van der Waals surface area contributed by atoms with Gasteiger partial charge in [0.2, 0.25) is 5.91 Å². The maximum absolute atomic E-state index is 12.2. The smallest absolute Gasteiger partial charge is 0.354 e. The average Bonchev–Trinajstić information content (AvgIpc) is 2.46. The number of amides is 2. The summed E-state index contributed by atoms with van der Waals surface area (Å²) in [5, 5.41) is 8.75. The Morgan fingerprint density at radius 2 is 1.70 bits per heavy atom. The van der Waals surface area contributed by atoms with Gasteiger partial charge in [-0.05, 0) is 12.1 Å². The van der Waals surface area contributed by atoms with Gasteiger partial charge >= 0.3 is 5.97 Å². The van der Waals surface area contributed by atoms with Crippen molar-refractivity contribution in [3.63, 3.8) is 0 Å². The zero-order valence-corrected chi connectivity index (χ0v) is 11.1. The van der Waals surface area contributed by atoms with Crippen molar-refractivity contribution < 1.29 is 19.5 Å². The molecule has 0 saturated carbocycles. The van der Waals surface area contributed by atoms with Gasteiger partial charge in [-0.3, -0.25) is 9.59 Å². The Bertz CT molecular complexity index is 533. The molecule has 2 rings (SSSR count). The monoisotopic (exact) mass is 277 g/mol. The van der Waals surface area contributed by atoms with Crippen LogP contribution in [-0.2, 0) is 4.79 Å². The van der Waals surface area contributed by atoms with Crippen molar-refractivity contribution in [1.82, 2.24) is 14.8 Å². The summed E-state index contributed by atoms with van der Waals surface area (Å²) >= 11 is 0. The number of pyridine rings is 1. The minimum atomic E-state index is -1.13. The number of carboxylic acid groups (broad SMARTS) is 1. The maximum atomic E-state index is 12.2. The molecule has 0 bridgehead atoms. The normalized spacial score (nSPS) is 15.1. The van der Waals surface area contributed by atoms with Crippen molar-refractivity contribution >= 4 is 17.8 Å². The van der Waals surface area contributed by atoms with Gasteiger partial charge < -0.3 is 14.9 Å². The molecule has 1 saturated heterocycles. The molecule has 1 aromatic rings. The van der Waals surface area contributed by atoms with E-state index in [4.69, 9.17) is 5.11 Å². The molecule has 1 aromatic heterocycles. The summed E-state index contributed by atoms with van der Waals surface area (Å²) in [5.74, 6) is -1.32. The number of piperazine rings is 1. The Morgan fingerprint density at radius 1 is 1.10 bits per heavy atom. The van der Waals surface area contributed by atoms with Crippen LogP contribution in [0.2, 0.25) is 0 Å². The highest BCUT2D eigenvalue weighted by Gasteiger charge is 2.23. The van der Waals surface area contributed by atoms with Crippen molar-refractivity contribution in [3.05, 3.63) is 29.6 Å². The molecule has 1 aliphatic rings. The lowest BCUT2D eigenvalue weighted by atomic mass is 10.2. The Hall–Kier alpha value is -2.44. The third kappa shape index (κ3) is 2.93. The van der Waals surface area contributed by atoms with E-state index in [-0.39, 0.29) is 17.5 Å². The third-order valence-corrected chi connectivity index (χ3v) is 3.24. The Balaban J connectivity index is 2.01. The summed E-state index contributed by atoms with van der Waals surface area (Å²) in [7, 11) is 0. The molecule has 0 aromatic carbocycles. The second-order valence-electron chi connectivity index (χ2n) is 4.54. The van der Waals surface area contributed by atoms with Gasteiger partial charge in [0.15, 0.2) is 0 Å². The van der Waals surface area contributed by atoms with E-state index in [1.807, 2.05) is 0 Å². The largest absolute Gasteiger partial charge is 0.477 e. The van der Waals surface area contributed by atoms with Gasteiger partial charge in [0.1, 0.15) is 5.69 Å². The summed E-state index contributed by atoms with van der Waals surface area (Å²) in [5.41, 5.74) is 0.259. The van der Waals surface area contributed by atoms with Gasteiger partial charge in [-0.1, -0.05) is 0 Å². The van der Waals surface area contributed by atoms with Crippen LogP contribution in [0.15, 0.2) is 18.3 Å². The van der Waals surface area contributed by atoms with E-state index in [1.54, 1.807) is 9.80 Å². The zero-order valence-electron chi connectivity index (χ0n) is 11.1. The van der Waals surface area contributed by atoms with E-state index in [9.17, 15) is 14.4 Å². The predicted octanol–water partition coefficient (Wildman–Crippen LogP) is 0.0841. The summed E-state index contributed by atoms with van der Waals surface area (Å²) in [4.78, 5) is 41.1. The molecule has 0 atom stereocenters. The van der Waals surface area contributed by atoms with Crippen molar-refractivity contribution in [2.75, 3.05) is 26.2 Å². The van der Waals surface area contributed by atoms with Gasteiger partial charge in [-0.2, -0.15) is 0 Å². The molecular weight excluding hydrogens is 262 g/mol. The first-order valence-corrected chi connectivity index (χ1v) is 6.23. The number of aromatic nitrogens is 1. The Kier molecular flexibility index (Phi) is 3.97. The molecule has 1 N–H and O–H groups in total. The van der Waals surface area contributed by atoms with Crippen molar-refractivity contribution in [3.8, 4) is 0 Å². The summed E-state index contributed by atoms with van der Waals surface area (Å²) < 4.78 is 0. The molecule has 1 fully saturated rings. The molecule has 0 aliphatic carbocycles. The average molecular weight is 277 g/mol. The molecule has 0 radical (unpaired) electrons. The molecule has 7 nitrogen and oxygen atoms in total. The first-order chi connectivity index (χ1) is 9.49. The molecule has 20 heavy (non-hydrogen) atoms. The van der Waals surface area contributed by atoms with E-state index in [0.29, 0.717) is 31.7 Å². The maximum Gasteiger partial charge on any atom is 0.354 e. The van der Waals surface area contributed by atoms with Crippen LogP contribution in [-0.4, -0.2) is 63.9 Å². The van der Waals surface area contributed by atoms with Crippen molar-refractivity contribution in [2.24, 2.45) is 0 Å². The lowest BCUT2D eigenvalue weighted by molar-refractivity contribution is -0.130. The van der Waals surface area contributed by atoms with Crippen molar-refractivity contribution in [2.45, 2.75) is 6.92 Å². The van der Waals surface area contributed by atoms with Crippen LogP contribution < -0.4 is 0 Å².